The molecule has 0 atom stereocenters. The van der Waals surface area contributed by atoms with Crippen LogP contribution in [0.25, 0.3) is 10.9 Å². The van der Waals surface area contributed by atoms with Gasteiger partial charge in [0.15, 0.2) is 0 Å². The average molecular weight is 347 g/mol. The smallest absolute Gasteiger partial charge is 0.274 e. The maximum absolute atomic E-state index is 12.6. The molecule has 3 aromatic rings. The van der Waals surface area contributed by atoms with E-state index in [1.165, 1.54) is 0 Å². The van der Waals surface area contributed by atoms with Gasteiger partial charge in [0, 0.05) is 30.6 Å². The number of amides is 1. The number of piperidine rings is 1. The summed E-state index contributed by atoms with van der Waals surface area (Å²) in [6.45, 7) is 3.20. The van der Waals surface area contributed by atoms with E-state index in [-0.39, 0.29) is 11.8 Å². The van der Waals surface area contributed by atoms with E-state index in [1.54, 1.807) is 12.4 Å². The van der Waals surface area contributed by atoms with Gasteiger partial charge < -0.3 is 10.6 Å². The number of fused-ring (bicyclic) bond motifs is 1. The van der Waals surface area contributed by atoms with Gasteiger partial charge in [-0.2, -0.15) is 0 Å². The molecule has 3 heterocycles. The molecule has 0 bridgehead atoms. The van der Waals surface area contributed by atoms with Crippen LogP contribution < -0.4 is 5.73 Å². The van der Waals surface area contributed by atoms with Gasteiger partial charge in [-0.25, -0.2) is 4.98 Å². The van der Waals surface area contributed by atoms with Gasteiger partial charge in [0.2, 0.25) is 0 Å². The van der Waals surface area contributed by atoms with Crippen LogP contribution in [0.1, 0.15) is 40.6 Å². The number of nitrogens with zero attached hydrogens (tertiary/aromatic N) is 4. The van der Waals surface area contributed by atoms with E-state index in [4.69, 9.17) is 10.7 Å². The number of hydrogen-bond donors (Lipinski definition) is 1. The fourth-order valence-electron chi connectivity index (χ4n) is 3.50. The van der Waals surface area contributed by atoms with Gasteiger partial charge in [-0.3, -0.25) is 14.8 Å². The van der Waals surface area contributed by atoms with Gasteiger partial charge in [-0.1, -0.05) is 18.2 Å². The van der Waals surface area contributed by atoms with Crippen molar-refractivity contribution in [2.45, 2.75) is 25.7 Å². The summed E-state index contributed by atoms with van der Waals surface area (Å²) in [5.41, 5.74) is 10.1. The van der Waals surface area contributed by atoms with Gasteiger partial charge in [0.25, 0.3) is 5.91 Å². The Labute approximate surface area is 152 Å². The number of nitrogens with two attached hydrogens (primary N) is 1. The predicted octanol–water partition coefficient (Wildman–Crippen LogP) is 2.94. The van der Waals surface area contributed by atoms with Crippen LogP contribution in [0.3, 0.4) is 0 Å². The number of nitrogen functional groups attached to an aromatic ring is 1. The Bertz CT molecular complexity index is 946. The highest BCUT2D eigenvalue weighted by atomic mass is 16.2. The van der Waals surface area contributed by atoms with Gasteiger partial charge in [-0.05, 0) is 31.9 Å². The molecule has 4 rings (SSSR count). The van der Waals surface area contributed by atoms with E-state index in [9.17, 15) is 4.79 Å². The third-order valence-corrected chi connectivity index (χ3v) is 4.95. The van der Waals surface area contributed by atoms with Crippen LogP contribution in [0.2, 0.25) is 0 Å². The number of carbonyl (C=O) groups is 1. The molecule has 0 spiro atoms. The zero-order valence-corrected chi connectivity index (χ0v) is 14.7. The number of anilines is 1. The molecule has 1 saturated heterocycles. The van der Waals surface area contributed by atoms with Crippen molar-refractivity contribution in [3.05, 3.63) is 59.8 Å². The van der Waals surface area contributed by atoms with Crippen LogP contribution in [-0.2, 0) is 0 Å². The molecule has 0 aliphatic carbocycles. The van der Waals surface area contributed by atoms with Crippen LogP contribution in [0.5, 0.6) is 0 Å². The summed E-state index contributed by atoms with van der Waals surface area (Å²) in [5.74, 6) is 0.211. The monoisotopic (exact) mass is 347 g/mol. The number of hydrogen-bond acceptors (Lipinski definition) is 5. The molecule has 1 aromatic carbocycles. The Morgan fingerprint density at radius 2 is 1.92 bits per heavy atom. The number of likely N-dealkylation sites (tertiary alicyclic amines) is 1. The topological polar surface area (TPSA) is 85.0 Å². The third kappa shape index (κ3) is 3.10. The lowest BCUT2D eigenvalue weighted by molar-refractivity contribution is 0.0706. The molecule has 1 aliphatic rings. The minimum absolute atomic E-state index is 0.0598. The van der Waals surface area contributed by atoms with E-state index in [0.29, 0.717) is 18.8 Å². The van der Waals surface area contributed by atoms with E-state index in [0.717, 1.165) is 40.8 Å². The van der Waals surface area contributed by atoms with Crippen LogP contribution in [-0.4, -0.2) is 38.8 Å². The van der Waals surface area contributed by atoms with Crippen molar-refractivity contribution < 1.29 is 4.79 Å². The summed E-state index contributed by atoms with van der Waals surface area (Å²) in [4.78, 5) is 27.6. The van der Waals surface area contributed by atoms with Crippen molar-refractivity contribution >= 4 is 22.5 Å². The average Bonchev–Trinajstić information content (AvgIpc) is 2.68. The molecule has 6 nitrogen and oxygen atoms in total. The highest BCUT2D eigenvalue weighted by molar-refractivity contribution is 5.92. The molecule has 132 valence electrons. The second kappa shape index (κ2) is 6.71. The van der Waals surface area contributed by atoms with Crippen LogP contribution in [0.4, 0.5) is 5.69 Å². The molecule has 0 unspecified atom stereocenters. The lowest BCUT2D eigenvalue weighted by atomic mass is 9.91. The van der Waals surface area contributed by atoms with Crippen molar-refractivity contribution in [1.29, 1.82) is 0 Å². The van der Waals surface area contributed by atoms with Gasteiger partial charge in [0.05, 0.1) is 28.8 Å². The maximum atomic E-state index is 12.6. The molecule has 2 N–H and O–H groups in total. The Morgan fingerprint density at radius 1 is 1.15 bits per heavy atom. The summed E-state index contributed by atoms with van der Waals surface area (Å²) in [5, 5.41) is 1.05. The normalized spacial score (nSPS) is 15.3. The van der Waals surface area contributed by atoms with E-state index in [1.807, 2.05) is 42.2 Å². The molecule has 6 heteroatoms. The summed E-state index contributed by atoms with van der Waals surface area (Å²) < 4.78 is 0. The Kier molecular flexibility index (Phi) is 4.24. The van der Waals surface area contributed by atoms with Gasteiger partial charge in [-0.15, -0.1) is 0 Å². The predicted molar refractivity (Wildman–Crippen MR) is 101 cm³/mol. The maximum Gasteiger partial charge on any atom is 0.274 e. The SMILES string of the molecule is Cc1cnc(C(=O)N2CCC(c3nc4ccccc4cc3N)CC2)cn1. The van der Waals surface area contributed by atoms with Crippen LogP contribution >= 0.6 is 0 Å². The molecule has 1 aliphatic heterocycles. The molecule has 26 heavy (non-hydrogen) atoms. The highest BCUT2D eigenvalue weighted by Gasteiger charge is 2.27. The van der Waals surface area contributed by atoms with Crippen LogP contribution in [0, 0.1) is 6.92 Å². The zero-order valence-electron chi connectivity index (χ0n) is 14.7. The van der Waals surface area contributed by atoms with E-state index < -0.39 is 0 Å². The first-order chi connectivity index (χ1) is 12.6. The molecule has 0 saturated carbocycles. The number of para-hydroxylation sites is 1. The number of aromatic nitrogens is 3. The van der Waals surface area contributed by atoms with Crippen molar-refractivity contribution in [2.24, 2.45) is 0 Å². The standard InChI is InChI=1S/C20H21N5O/c1-13-11-23-18(12-22-13)20(26)25-8-6-14(7-9-25)19-16(21)10-15-4-2-3-5-17(15)24-19/h2-5,10-12,14H,6-9,21H2,1H3. The number of aryl methyl sites for hydroxylation is 1. The Hall–Kier alpha value is -3.02. The first-order valence-electron chi connectivity index (χ1n) is 8.85. The number of carbonyl (C=O) groups excluding carboxylic acids is 1. The molecule has 1 fully saturated rings. The lowest BCUT2D eigenvalue weighted by Gasteiger charge is -2.32. The minimum atomic E-state index is -0.0598. The quantitative estimate of drug-likeness (QED) is 0.770. The van der Waals surface area contributed by atoms with Gasteiger partial charge >= 0.3 is 0 Å². The summed E-state index contributed by atoms with van der Waals surface area (Å²) in [6.07, 6.45) is 4.87. The summed E-state index contributed by atoms with van der Waals surface area (Å²) in [6, 6.07) is 10.00. The van der Waals surface area contributed by atoms with Crippen molar-refractivity contribution in [1.82, 2.24) is 19.9 Å². The van der Waals surface area contributed by atoms with E-state index in [2.05, 4.69) is 9.97 Å². The van der Waals surface area contributed by atoms with Crippen molar-refractivity contribution in [2.75, 3.05) is 18.8 Å². The largest absolute Gasteiger partial charge is 0.397 e. The van der Waals surface area contributed by atoms with E-state index >= 15 is 0 Å². The summed E-state index contributed by atoms with van der Waals surface area (Å²) in [7, 11) is 0. The van der Waals surface area contributed by atoms with Gasteiger partial charge in [0.1, 0.15) is 5.69 Å². The lowest BCUT2D eigenvalue weighted by Crippen LogP contribution is -2.38. The number of benzene rings is 1. The Morgan fingerprint density at radius 3 is 2.65 bits per heavy atom. The fourth-order valence-corrected chi connectivity index (χ4v) is 3.50. The highest BCUT2D eigenvalue weighted by Crippen LogP contribution is 2.32. The summed E-state index contributed by atoms with van der Waals surface area (Å²) >= 11 is 0. The first kappa shape index (κ1) is 16.4. The Balaban J connectivity index is 1.49. The second-order valence-electron chi connectivity index (χ2n) is 6.77. The molecule has 2 aromatic heterocycles. The van der Waals surface area contributed by atoms with Crippen molar-refractivity contribution in [3.63, 3.8) is 0 Å². The second-order valence-corrected chi connectivity index (χ2v) is 6.77. The number of pyridine rings is 1. The third-order valence-electron chi connectivity index (χ3n) is 4.95. The zero-order chi connectivity index (χ0) is 18.1. The molecule has 1 amide bonds. The number of rotatable bonds is 2. The minimum Gasteiger partial charge on any atom is -0.397 e. The molecular formula is C20H21N5O. The van der Waals surface area contributed by atoms with Crippen molar-refractivity contribution in [3.8, 4) is 0 Å². The molecular weight excluding hydrogens is 326 g/mol. The first-order valence-corrected chi connectivity index (χ1v) is 8.85. The molecule has 0 radical (unpaired) electrons. The van der Waals surface area contributed by atoms with Crippen LogP contribution in [0.15, 0.2) is 42.7 Å². The fraction of sp³-hybridized carbons (Fsp3) is 0.300.